The first-order valence-electron chi connectivity index (χ1n) is 9.10. The van der Waals surface area contributed by atoms with Crippen LogP contribution in [0.2, 0.25) is 0 Å². The van der Waals surface area contributed by atoms with Crippen LogP contribution in [-0.2, 0) is 0 Å². The number of nitrogens with zero attached hydrogens (tertiary/aromatic N) is 1. The Labute approximate surface area is 149 Å². The highest BCUT2D eigenvalue weighted by Gasteiger charge is 2.41. The van der Waals surface area contributed by atoms with Crippen molar-refractivity contribution in [3.8, 4) is 0 Å². The van der Waals surface area contributed by atoms with Gasteiger partial charge in [0, 0.05) is 29.7 Å². The molecule has 140 valence electrons. The monoisotopic (exact) mass is 352 g/mol. The number of carbonyl (C=O) groups excluding carboxylic acids is 1. The van der Waals surface area contributed by atoms with Gasteiger partial charge in [-0.1, -0.05) is 13.3 Å². The standard InChI is InChI=1S/C20H30F2N2O/c1-6-7-10-24(15-12-19(2,3)23-20(4,5)13-15)18(25)16-9-8-14(21)11-17(16)22/h8-9,11,15,23H,6-7,10,12-13H2,1-5H3. The molecule has 1 fully saturated rings. The second kappa shape index (κ2) is 7.40. The van der Waals surface area contributed by atoms with Gasteiger partial charge in [-0.25, -0.2) is 8.78 Å². The third-order valence-electron chi connectivity index (χ3n) is 4.78. The van der Waals surface area contributed by atoms with Gasteiger partial charge in [-0.2, -0.15) is 0 Å². The normalized spacial score (nSPS) is 19.6. The van der Waals surface area contributed by atoms with Crippen molar-refractivity contribution in [2.75, 3.05) is 6.54 Å². The maximum Gasteiger partial charge on any atom is 0.257 e. The summed E-state index contributed by atoms with van der Waals surface area (Å²) in [6.07, 6.45) is 3.41. The van der Waals surface area contributed by atoms with Crippen LogP contribution < -0.4 is 5.32 Å². The molecule has 1 N–H and O–H groups in total. The number of carbonyl (C=O) groups is 1. The van der Waals surface area contributed by atoms with Gasteiger partial charge in [0.1, 0.15) is 11.6 Å². The lowest BCUT2D eigenvalue weighted by Crippen LogP contribution is -2.63. The van der Waals surface area contributed by atoms with Crippen LogP contribution in [-0.4, -0.2) is 34.5 Å². The smallest absolute Gasteiger partial charge is 0.257 e. The molecule has 1 aliphatic rings. The molecule has 1 aliphatic heterocycles. The van der Waals surface area contributed by atoms with Crippen molar-refractivity contribution in [2.45, 2.75) is 77.4 Å². The minimum Gasteiger partial charge on any atom is -0.335 e. The van der Waals surface area contributed by atoms with Crippen molar-refractivity contribution in [3.05, 3.63) is 35.4 Å². The lowest BCUT2D eigenvalue weighted by atomic mass is 9.78. The summed E-state index contributed by atoms with van der Waals surface area (Å²) in [5, 5.41) is 3.61. The summed E-state index contributed by atoms with van der Waals surface area (Å²) in [5.74, 6) is -1.80. The van der Waals surface area contributed by atoms with E-state index in [1.807, 2.05) is 0 Å². The highest BCUT2D eigenvalue weighted by Crippen LogP contribution is 2.32. The van der Waals surface area contributed by atoms with Crippen LogP contribution >= 0.6 is 0 Å². The Hall–Kier alpha value is -1.49. The number of benzene rings is 1. The summed E-state index contributed by atoms with van der Waals surface area (Å²) in [6.45, 7) is 11.2. The van der Waals surface area contributed by atoms with E-state index in [9.17, 15) is 13.6 Å². The summed E-state index contributed by atoms with van der Waals surface area (Å²) in [4.78, 5) is 14.8. The average molecular weight is 352 g/mol. The number of piperidine rings is 1. The summed E-state index contributed by atoms with van der Waals surface area (Å²) < 4.78 is 27.4. The van der Waals surface area contributed by atoms with Gasteiger partial charge in [0.25, 0.3) is 5.91 Å². The fourth-order valence-corrected chi connectivity index (χ4v) is 4.08. The Balaban J connectivity index is 2.33. The minimum atomic E-state index is -0.793. The van der Waals surface area contributed by atoms with Gasteiger partial charge in [-0.3, -0.25) is 4.79 Å². The summed E-state index contributed by atoms with van der Waals surface area (Å²) in [5.41, 5.74) is -0.275. The van der Waals surface area contributed by atoms with Crippen LogP contribution in [0.15, 0.2) is 18.2 Å². The predicted octanol–water partition coefficient (Wildman–Crippen LogP) is 4.52. The highest BCUT2D eigenvalue weighted by molar-refractivity contribution is 5.94. The first-order chi connectivity index (χ1) is 11.5. The third-order valence-corrected chi connectivity index (χ3v) is 4.78. The van der Waals surface area contributed by atoms with E-state index in [1.165, 1.54) is 6.07 Å². The second-order valence-corrected chi connectivity index (χ2v) is 8.43. The SMILES string of the molecule is CCCCN(C(=O)c1ccc(F)cc1F)C1CC(C)(C)NC(C)(C)C1. The quantitative estimate of drug-likeness (QED) is 0.845. The molecule has 0 saturated carbocycles. The molecule has 5 heteroatoms. The number of nitrogens with one attached hydrogen (secondary N) is 1. The van der Waals surface area contributed by atoms with E-state index in [1.54, 1.807) is 4.90 Å². The molecule has 0 aromatic heterocycles. The van der Waals surface area contributed by atoms with E-state index in [0.717, 1.165) is 37.8 Å². The van der Waals surface area contributed by atoms with Crippen LogP contribution in [0.5, 0.6) is 0 Å². The second-order valence-electron chi connectivity index (χ2n) is 8.43. The average Bonchev–Trinajstić information content (AvgIpc) is 2.44. The van der Waals surface area contributed by atoms with Crippen molar-refractivity contribution in [2.24, 2.45) is 0 Å². The topological polar surface area (TPSA) is 32.3 Å². The van der Waals surface area contributed by atoms with E-state index in [-0.39, 0.29) is 28.6 Å². The number of unbranched alkanes of at least 4 members (excludes halogenated alkanes) is 1. The molecule has 0 bridgehead atoms. The molecule has 0 aliphatic carbocycles. The Morgan fingerprint density at radius 3 is 2.32 bits per heavy atom. The molecule has 25 heavy (non-hydrogen) atoms. The van der Waals surface area contributed by atoms with E-state index < -0.39 is 11.6 Å². The Kier molecular flexibility index (Phi) is 5.87. The van der Waals surface area contributed by atoms with Gasteiger partial charge in [-0.05, 0) is 59.1 Å². The van der Waals surface area contributed by atoms with Crippen LogP contribution in [0.1, 0.15) is 70.7 Å². The minimum absolute atomic E-state index is 0.0229. The lowest BCUT2D eigenvalue weighted by Gasteiger charge is -2.49. The molecular formula is C20H30F2N2O. The van der Waals surface area contributed by atoms with Gasteiger partial charge in [0.15, 0.2) is 0 Å². The van der Waals surface area contributed by atoms with Gasteiger partial charge >= 0.3 is 0 Å². The lowest BCUT2D eigenvalue weighted by molar-refractivity contribution is 0.0438. The van der Waals surface area contributed by atoms with E-state index in [4.69, 9.17) is 0 Å². The Morgan fingerprint density at radius 2 is 1.80 bits per heavy atom. The molecule has 1 aromatic carbocycles. The molecule has 0 spiro atoms. The van der Waals surface area contributed by atoms with Crippen molar-refractivity contribution in [3.63, 3.8) is 0 Å². The zero-order valence-electron chi connectivity index (χ0n) is 16.0. The van der Waals surface area contributed by atoms with Crippen LogP contribution in [0.3, 0.4) is 0 Å². The maximum absolute atomic E-state index is 14.2. The Bertz CT molecular complexity index is 612. The van der Waals surface area contributed by atoms with Crippen molar-refractivity contribution in [1.29, 1.82) is 0 Å². The fraction of sp³-hybridized carbons (Fsp3) is 0.650. The van der Waals surface area contributed by atoms with Crippen LogP contribution in [0, 0.1) is 11.6 Å². The number of rotatable bonds is 5. The van der Waals surface area contributed by atoms with Crippen molar-refractivity contribution >= 4 is 5.91 Å². The molecule has 3 nitrogen and oxygen atoms in total. The van der Waals surface area contributed by atoms with E-state index in [2.05, 4.69) is 39.9 Å². The molecule has 1 heterocycles. The summed E-state index contributed by atoms with van der Waals surface area (Å²) in [6, 6.07) is 3.20. The first kappa shape index (κ1) is 19.8. The van der Waals surface area contributed by atoms with Crippen molar-refractivity contribution in [1.82, 2.24) is 10.2 Å². The fourth-order valence-electron chi connectivity index (χ4n) is 4.08. The number of halogens is 2. The van der Waals surface area contributed by atoms with Crippen molar-refractivity contribution < 1.29 is 13.6 Å². The van der Waals surface area contributed by atoms with E-state index >= 15 is 0 Å². The van der Waals surface area contributed by atoms with Crippen LogP contribution in [0.25, 0.3) is 0 Å². The summed E-state index contributed by atoms with van der Waals surface area (Å²) in [7, 11) is 0. The van der Waals surface area contributed by atoms with Gasteiger partial charge < -0.3 is 10.2 Å². The third kappa shape index (κ3) is 5.00. The maximum atomic E-state index is 14.2. The zero-order valence-corrected chi connectivity index (χ0v) is 16.0. The van der Waals surface area contributed by atoms with Gasteiger partial charge in [0.2, 0.25) is 0 Å². The molecule has 1 saturated heterocycles. The molecule has 0 radical (unpaired) electrons. The summed E-state index contributed by atoms with van der Waals surface area (Å²) >= 11 is 0. The number of amides is 1. The van der Waals surface area contributed by atoms with Gasteiger partial charge in [0.05, 0.1) is 5.56 Å². The molecule has 1 amide bonds. The number of hydrogen-bond donors (Lipinski definition) is 1. The largest absolute Gasteiger partial charge is 0.335 e. The van der Waals surface area contributed by atoms with Crippen LogP contribution in [0.4, 0.5) is 8.78 Å². The predicted molar refractivity (Wildman–Crippen MR) is 96.6 cm³/mol. The molecule has 0 atom stereocenters. The van der Waals surface area contributed by atoms with E-state index in [0.29, 0.717) is 6.54 Å². The highest BCUT2D eigenvalue weighted by atomic mass is 19.1. The number of hydrogen-bond acceptors (Lipinski definition) is 2. The molecule has 2 rings (SSSR count). The first-order valence-corrected chi connectivity index (χ1v) is 9.10. The Morgan fingerprint density at radius 1 is 1.20 bits per heavy atom. The molecular weight excluding hydrogens is 322 g/mol. The molecule has 1 aromatic rings. The van der Waals surface area contributed by atoms with Gasteiger partial charge in [-0.15, -0.1) is 0 Å². The molecule has 0 unspecified atom stereocenters. The zero-order chi connectivity index (χ0) is 18.8.